The molecule has 0 fully saturated rings. The van der Waals surface area contributed by atoms with Crippen molar-refractivity contribution in [2.45, 2.75) is 25.9 Å². The predicted molar refractivity (Wildman–Crippen MR) is 70.3 cm³/mol. The van der Waals surface area contributed by atoms with Crippen molar-refractivity contribution in [3.05, 3.63) is 29.8 Å². The maximum absolute atomic E-state index is 10.8. The van der Waals surface area contributed by atoms with Gasteiger partial charge in [-0.15, -0.1) is 0 Å². The second-order valence-electron chi connectivity index (χ2n) is 4.47. The van der Waals surface area contributed by atoms with E-state index in [0.717, 1.165) is 17.9 Å². The van der Waals surface area contributed by atoms with Gasteiger partial charge in [-0.2, -0.15) is 0 Å². The molecule has 0 aliphatic carbocycles. The number of nitrogens with one attached hydrogen (secondary N) is 1. The third kappa shape index (κ3) is 2.99. The molecule has 3 heteroatoms. The Kier molecular flexibility index (Phi) is 4.97. The van der Waals surface area contributed by atoms with Gasteiger partial charge in [-0.3, -0.25) is 0 Å². The average molecular weight is 237 g/mol. The van der Waals surface area contributed by atoms with Crippen LogP contribution in [0, 0.1) is 5.92 Å². The van der Waals surface area contributed by atoms with Gasteiger partial charge in [0.2, 0.25) is 0 Å². The van der Waals surface area contributed by atoms with Crippen LogP contribution in [0.2, 0.25) is 0 Å². The third-order valence-electron chi connectivity index (χ3n) is 3.43. The summed E-state index contributed by atoms with van der Waals surface area (Å²) in [5, 5.41) is 13.9. The predicted octanol–water partition coefficient (Wildman–Crippen LogP) is 2.15. The third-order valence-corrected chi connectivity index (χ3v) is 3.43. The zero-order valence-corrected chi connectivity index (χ0v) is 11.2. The molecular formula is C14H23NO2. The number of benzene rings is 1. The molecule has 0 aromatic heterocycles. The second kappa shape index (κ2) is 6.03. The lowest BCUT2D eigenvalue weighted by Crippen LogP contribution is -2.38. The van der Waals surface area contributed by atoms with E-state index in [1.165, 1.54) is 0 Å². The standard InChI is InChI=1S/C14H23NO2/c1-5-14(16,11(2)10-15-3)12-7-6-8-13(9-12)17-4/h6-9,11,15-16H,5,10H2,1-4H3/t11-,14?/m0/s1. The van der Waals surface area contributed by atoms with Crippen LogP contribution in [0.1, 0.15) is 25.8 Å². The Balaban J connectivity index is 3.05. The fraction of sp³-hybridized carbons (Fsp3) is 0.571. The van der Waals surface area contributed by atoms with E-state index in [2.05, 4.69) is 12.2 Å². The van der Waals surface area contributed by atoms with E-state index in [1.807, 2.05) is 38.2 Å². The summed E-state index contributed by atoms with van der Waals surface area (Å²) in [5.74, 6) is 0.927. The molecule has 0 saturated heterocycles. The lowest BCUT2D eigenvalue weighted by atomic mass is 9.80. The monoisotopic (exact) mass is 237 g/mol. The first kappa shape index (κ1) is 14.0. The van der Waals surface area contributed by atoms with Gasteiger partial charge in [0.05, 0.1) is 12.7 Å². The minimum Gasteiger partial charge on any atom is -0.497 e. The molecule has 1 aromatic rings. The van der Waals surface area contributed by atoms with E-state index in [4.69, 9.17) is 4.74 Å². The van der Waals surface area contributed by atoms with Crippen molar-refractivity contribution in [2.24, 2.45) is 5.92 Å². The van der Waals surface area contributed by atoms with Gasteiger partial charge in [0.1, 0.15) is 5.75 Å². The Labute approximate surface area is 104 Å². The summed E-state index contributed by atoms with van der Waals surface area (Å²) in [6.07, 6.45) is 0.684. The SMILES string of the molecule is CCC(O)(c1cccc(OC)c1)[C@@H](C)CNC. The molecule has 1 aromatic carbocycles. The molecule has 0 radical (unpaired) electrons. The molecule has 96 valence electrons. The Hall–Kier alpha value is -1.06. The summed E-state index contributed by atoms with van der Waals surface area (Å²) in [4.78, 5) is 0. The fourth-order valence-corrected chi connectivity index (χ4v) is 2.20. The van der Waals surface area contributed by atoms with Crippen molar-refractivity contribution in [3.8, 4) is 5.75 Å². The Bertz CT molecular complexity index is 354. The number of hydrogen-bond donors (Lipinski definition) is 2. The van der Waals surface area contributed by atoms with Gasteiger partial charge in [-0.25, -0.2) is 0 Å². The van der Waals surface area contributed by atoms with Crippen LogP contribution >= 0.6 is 0 Å². The van der Waals surface area contributed by atoms with E-state index < -0.39 is 5.60 Å². The lowest BCUT2D eigenvalue weighted by molar-refractivity contribution is -0.0201. The van der Waals surface area contributed by atoms with E-state index in [9.17, 15) is 5.11 Å². The summed E-state index contributed by atoms with van der Waals surface area (Å²) in [5.41, 5.74) is 0.111. The van der Waals surface area contributed by atoms with Crippen molar-refractivity contribution in [3.63, 3.8) is 0 Å². The number of ether oxygens (including phenoxy) is 1. The van der Waals surface area contributed by atoms with Crippen LogP contribution in [0.15, 0.2) is 24.3 Å². The van der Waals surface area contributed by atoms with E-state index in [-0.39, 0.29) is 5.92 Å². The second-order valence-corrected chi connectivity index (χ2v) is 4.47. The molecule has 3 nitrogen and oxygen atoms in total. The maximum atomic E-state index is 10.8. The molecular weight excluding hydrogens is 214 g/mol. The smallest absolute Gasteiger partial charge is 0.119 e. The first-order valence-electron chi connectivity index (χ1n) is 6.10. The summed E-state index contributed by atoms with van der Waals surface area (Å²) < 4.78 is 5.21. The van der Waals surface area contributed by atoms with Crippen molar-refractivity contribution in [1.29, 1.82) is 0 Å². The lowest BCUT2D eigenvalue weighted by Gasteiger charge is -2.34. The minimum atomic E-state index is -0.808. The van der Waals surface area contributed by atoms with Gasteiger partial charge in [0.15, 0.2) is 0 Å². The largest absolute Gasteiger partial charge is 0.497 e. The first-order chi connectivity index (χ1) is 8.08. The Morgan fingerprint density at radius 3 is 2.71 bits per heavy atom. The molecule has 0 aliphatic rings. The summed E-state index contributed by atoms with van der Waals surface area (Å²) in [6, 6.07) is 7.68. The highest BCUT2D eigenvalue weighted by molar-refractivity contribution is 5.32. The Morgan fingerprint density at radius 2 is 2.18 bits per heavy atom. The summed E-state index contributed by atoms with van der Waals surface area (Å²) in [7, 11) is 3.54. The number of rotatable bonds is 6. The molecule has 17 heavy (non-hydrogen) atoms. The van der Waals surface area contributed by atoms with E-state index in [1.54, 1.807) is 7.11 Å². The van der Waals surface area contributed by atoms with E-state index in [0.29, 0.717) is 6.42 Å². The van der Waals surface area contributed by atoms with Gasteiger partial charge in [0.25, 0.3) is 0 Å². The van der Waals surface area contributed by atoms with Crippen molar-refractivity contribution in [2.75, 3.05) is 20.7 Å². The molecule has 2 atom stereocenters. The van der Waals surface area contributed by atoms with Gasteiger partial charge in [-0.05, 0) is 31.2 Å². The van der Waals surface area contributed by atoms with Gasteiger partial charge >= 0.3 is 0 Å². The molecule has 0 spiro atoms. The van der Waals surface area contributed by atoms with Crippen LogP contribution < -0.4 is 10.1 Å². The van der Waals surface area contributed by atoms with Crippen LogP contribution in [0.5, 0.6) is 5.75 Å². The van der Waals surface area contributed by atoms with Gasteiger partial charge in [-0.1, -0.05) is 26.0 Å². The molecule has 2 N–H and O–H groups in total. The van der Waals surface area contributed by atoms with Gasteiger partial charge in [0, 0.05) is 12.5 Å². The Morgan fingerprint density at radius 1 is 1.47 bits per heavy atom. The summed E-state index contributed by atoms with van der Waals surface area (Å²) >= 11 is 0. The number of aliphatic hydroxyl groups is 1. The van der Waals surface area contributed by atoms with Gasteiger partial charge < -0.3 is 15.2 Å². The molecule has 0 amide bonds. The zero-order valence-electron chi connectivity index (χ0n) is 11.2. The van der Waals surface area contributed by atoms with E-state index >= 15 is 0 Å². The van der Waals surface area contributed by atoms with Crippen LogP contribution in [-0.2, 0) is 5.60 Å². The maximum Gasteiger partial charge on any atom is 0.119 e. The van der Waals surface area contributed by atoms with Crippen molar-refractivity contribution in [1.82, 2.24) is 5.32 Å². The number of hydrogen-bond acceptors (Lipinski definition) is 3. The highest BCUT2D eigenvalue weighted by atomic mass is 16.5. The fourth-order valence-electron chi connectivity index (χ4n) is 2.20. The average Bonchev–Trinajstić information content (AvgIpc) is 2.38. The molecule has 0 saturated carbocycles. The molecule has 0 aliphatic heterocycles. The molecule has 1 unspecified atom stereocenters. The zero-order chi connectivity index (χ0) is 12.9. The summed E-state index contributed by atoms with van der Waals surface area (Å²) in [6.45, 7) is 4.84. The molecule has 1 rings (SSSR count). The minimum absolute atomic E-state index is 0.143. The normalized spacial score (nSPS) is 16.3. The van der Waals surface area contributed by atoms with Crippen molar-refractivity contribution >= 4 is 0 Å². The molecule has 0 bridgehead atoms. The van der Waals surface area contributed by atoms with Crippen LogP contribution in [0.25, 0.3) is 0 Å². The highest BCUT2D eigenvalue weighted by Gasteiger charge is 2.33. The quantitative estimate of drug-likeness (QED) is 0.796. The topological polar surface area (TPSA) is 41.5 Å². The number of methoxy groups -OCH3 is 1. The van der Waals surface area contributed by atoms with Crippen LogP contribution in [-0.4, -0.2) is 25.8 Å². The van der Waals surface area contributed by atoms with Crippen molar-refractivity contribution < 1.29 is 9.84 Å². The van der Waals surface area contributed by atoms with Crippen LogP contribution in [0.3, 0.4) is 0 Å². The first-order valence-corrected chi connectivity index (χ1v) is 6.10. The molecule has 0 heterocycles. The van der Waals surface area contributed by atoms with Crippen LogP contribution in [0.4, 0.5) is 0 Å². The highest BCUT2D eigenvalue weighted by Crippen LogP contribution is 2.34.